The summed E-state index contributed by atoms with van der Waals surface area (Å²) in [6.45, 7) is 0. The maximum absolute atomic E-state index is 14.8. The van der Waals surface area contributed by atoms with Crippen LogP contribution in [0.15, 0.2) is 35.2 Å². The molecule has 0 heterocycles. The Balaban J connectivity index is 2.15. The minimum atomic E-state index is -3.75. The number of fused-ring (bicyclic) bond motifs is 1. The molecule has 2 aromatic carbocycles. The van der Waals surface area contributed by atoms with Gasteiger partial charge in [-0.25, -0.2) is 17.2 Å². The molecule has 0 bridgehead atoms. The predicted molar refractivity (Wildman–Crippen MR) is 94.2 cm³/mol. The number of alkyl halides is 1. The van der Waals surface area contributed by atoms with Crippen LogP contribution >= 0.6 is 0 Å². The van der Waals surface area contributed by atoms with Crippen molar-refractivity contribution in [2.24, 2.45) is 0 Å². The van der Waals surface area contributed by atoms with Crippen molar-refractivity contribution < 1.29 is 31.8 Å². The largest absolute Gasteiger partial charge is 0.481 e. The number of nitrogens with zero attached hydrogens (tertiary/aromatic N) is 1. The van der Waals surface area contributed by atoms with E-state index in [1.165, 1.54) is 18.2 Å². The zero-order chi connectivity index (χ0) is 20.6. The van der Waals surface area contributed by atoms with E-state index in [1.807, 2.05) is 0 Å². The molecule has 6 nitrogen and oxygen atoms in total. The smallest absolute Gasteiger partial charge is 0.303 e. The predicted octanol–water partition coefficient (Wildman–Crippen LogP) is 3.87. The molecule has 3 rings (SSSR count). The lowest BCUT2D eigenvalue weighted by atomic mass is 9.97. The Morgan fingerprint density at radius 2 is 2.04 bits per heavy atom. The molecule has 9 heteroatoms. The third-order valence-corrected chi connectivity index (χ3v) is 5.62. The maximum Gasteiger partial charge on any atom is 0.303 e. The molecule has 0 aliphatic heterocycles. The van der Waals surface area contributed by atoms with Gasteiger partial charge in [-0.2, -0.15) is 5.26 Å². The van der Waals surface area contributed by atoms with E-state index >= 15 is 0 Å². The Hall–Kier alpha value is -2.99. The Bertz CT molecular complexity index is 1110. The molecule has 2 atom stereocenters. The average molecular weight is 407 g/mol. The van der Waals surface area contributed by atoms with Gasteiger partial charge in [0.25, 0.3) is 0 Å². The van der Waals surface area contributed by atoms with E-state index in [2.05, 4.69) is 0 Å². The molecule has 0 spiro atoms. The lowest BCUT2D eigenvalue weighted by molar-refractivity contribution is -0.137. The summed E-state index contributed by atoms with van der Waals surface area (Å²) < 4.78 is 58.2. The fourth-order valence-corrected chi connectivity index (χ4v) is 4.44. The molecule has 1 aliphatic rings. The number of rotatable bonds is 5. The van der Waals surface area contributed by atoms with Crippen LogP contribution in [0.4, 0.5) is 8.78 Å². The van der Waals surface area contributed by atoms with Crippen molar-refractivity contribution >= 4 is 15.8 Å². The fraction of sp³-hybridized carbons (Fsp3) is 0.263. The second-order valence-corrected chi connectivity index (χ2v) is 8.53. The zero-order valence-corrected chi connectivity index (χ0v) is 15.5. The van der Waals surface area contributed by atoms with Crippen LogP contribution in [-0.4, -0.2) is 25.7 Å². The number of aliphatic carboxylic acids is 1. The number of benzene rings is 2. The summed E-state index contributed by atoms with van der Waals surface area (Å²) in [4.78, 5) is 11.0. The first-order valence-electron chi connectivity index (χ1n) is 8.21. The standard InChI is InChI=1S/C19H15F2NO5S/c1-28(25,26)16-3-2-15(27-13-5-10(9-22)4-12(20)8-13)19-14(21)6-11(18(16)19)7-17(23)24/h2-5,8,11,14H,6-7H2,1H3,(H,23,24)/t11-,14-/m0/s1. The Morgan fingerprint density at radius 1 is 1.32 bits per heavy atom. The Morgan fingerprint density at radius 3 is 2.64 bits per heavy atom. The molecule has 0 saturated carbocycles. The number of ether oxygens (including phenoxy) is 1. The second-order valence-electron chi connectivity index (χ2n) is 6.55. The van der Waals surface area contributed by atoms with Gasteiger partial charge < -0.3 is 9.84 Å². The molecule has 0 saturated heterocycles. The number of hydrogen-bond acceptors (Lipinski definition) is 5. The van der Waals surface area contributed by atoms with Gasteiger partial charge in [0.05, 0.1) is 22.9 Å². The molecular weight excluding hydrogens is 392 g/mol. The van der Waals surface area contributed by atoms with Gasteiger partial charge in [0.2, 0.25) is 0 Å². The van der Waals surface area contributed by atoms with Crippen molar-refractivity contribution in [3.63, 3.8) is 0 Å². The third-order valence-electron chi connectivity index (χ3n) is 4.47. The van der Waals surface area contributed by atoms with Crippen molar-refractivity contribution in [1.82, 2.24) is 0 Å². The van der Waals surface area contributed by atoms with Gasteiger partial charge in [-0.3, -0.25) is 4.79 Å². The molecule has 2 aromatic rings. The van der Waals surface area contributed by atoms with Crippen LogP contribution in [0.5, 0.6) is 11.5 Å². The van der Waals surface area contributed by atoms with Crippen LogP contribution in [0.2, 0.25) is 0 Å². The maximum atomic E-state index is 14.8. The molecule has 146 valence electrons. The summed E-state index contributed by atoms with van der Waals surface area (Å²) in [5, 5.41) is 18.0. The number of carboxylic acids is 1. The van der Waals surface area contributed by atoms with Gasteiger partial charge >= 0.3 is 5.97 Å². The van der Waals surface area contributed by atoms with E-state index in [0.29, 0.717) is 0 Å². The first-order chi connectivity index (χ1) is 13.1. The summed E-state index contributed by atoms with van der Waals surface area (Å²) in [5.41, 5.74) is 0.0173. The second kappa shape index (κ2) is 7.20. The highest BCUT2D eigenvalue weighted by Gasteiger charge is 2.39. The van der Waals surface area contributed by atoms with Gasteiger partial charge in [-0.05, 0) is 42.2 Å². The van der Waals surface area contributed by atoms with Gasteiger partial charge in [-0.15, -0.1) is 0 Å². The van der Waals surface area contributed by atoms with E-state index in [0.717, 1.165) is 18.4 Å². The van der Waals surface area contributed by atoms with Crippen molar-refractivity contribution in [3.8, 4) is 17.6 Å². The van der Waals surface area contributed by atoms with Crippen LogP contribution in [0.1, 0.15) is 41.6 Å². The van der Waals surface area contributed by atoms with Gasteiger partial charge in [-0.1, -0.05) is 0 Å². The van der Waals surface area contributed by atoms with E-state index in [9.17, 15) is 22.0 Å². The van der Waals surface area contributed by atoms with Crippen molar-refractivity contribution in [2.75, 3.05) is 6.26 Å². The topological polar surface area (TPSA) is 104 Å². The first kappa shape index (κ1) is 19.8. The molecule has 0 fully saturated rings. The lowest BCUT2D eigenvalue weighted by Crippen LogP contribution is -2.09. The summed E-state index contributed by atoms with van der Waals surface area (Å²) in [7, 11) is -3.75. The summed E-state index contributed by atoms with van der Waals surface area (Å²) in [5.74, 6) is -2.84. The van der Waals surface area contributed by atoms with E-state index < -0.39 is 40.1 Å². The van der Waals surface area contributed by atoms with Crippen LogP contribution < -0.4 is 4.74 Å². The van der Waals surface area contributed by atoms with Crippen molar-refractivity contribution in [1.29, 1.82) is 5.26 Å². The van der Waals surface area contributed by atoms with Crippen molar-refractivity contribution in [2.45, 2.75) is 29.8 Å². The number of nitriles is 1. The highest BCUT2D eigenvalue weighted by atomic mass is 32.2. The molecule has 0 aromatic heterocycles. The summed E-state index contributed by atoms with van der Waals surface area (Å²) in [6.07, 6.45) is -1.31. The number of carbonyl (C=O) groups is 1. The van der Waals surface area contributed by atoms with E-state index in [1.54, 1.807) is 6.07 Å². The molecule has 28 heavy (non-hydrogen) atoms. The van der Waals surface area contributed by atoms with Gasteiger partial charge in [0.15, 0.2) is 9.84 Å². The SMILES string of the molecule is CS(=O)(=O)c1ccc(Oc2cc(F)cc(C#N)c2)c2c1[C@H](CC(=O)O)C[C@@H]2F. The van der Waals surface area contributed by atoms with E-state index in [4.69, 9.17) is 15.1 Å². The number of sulfone groups is 1. The Labute approximate surface area is 159 Å². The van der Waals surface area contributed by atoms with Crippen LogP contribution in [0.25, 0.3) is 0 Å². The molecular formula is C19H15F2NO5S. The molecule has 1 N–H and O–H groups in total. The van der Waals surface area contributed by atoms with Gasteiger partial charge in [0, 0.05) is 17.9 Å². The highest BCUT2D eigenvalue weighted by Crippen LogP contribution is 2.51. The monoisotopic (exact) mass is 407 g/mol. The normalized spacial score (nSPS) is 18.4. The van der Waals surface area contributed by atoms with Crippen LogP contribution in [0.3, 0.4) is 0 Å². The quantitative estimate of drug-likeness (QED) is 0.807. The lowest BCUT2D eigenvalue weighted by Gasteiger charge is -2.16. The molecule has 0 radical (unpaired) electrons. The summed E-state index contributed by atoms with van der Waals surface area (Å²) >= 11 is 0. The zero-order valence-electron chi connectivity index (χ0n) is 14.6. The van der Waals surface area contributed by atoms with Crippen LogP contribution in [-0.2, 0) is 14.6 Å². The fourth-order valence-electron chi connectivity index (χ4n) is 3.45. The first-order valence-corrected chi connectivity index (χ1v) is 10.1. The average Bonchev–Trinajstić information content (AvgIpc) is 2.89. The highest BCUT2D eigenvalue weighted by molar-refractivity contribution is 7.90. The summed E-state index contributed by atoms with van der Waals surface area (Å²) in [6, 6.07) is 7.52. The number of carboxylic acid groups (broad SMARTS) is 1. The minimum Gasteiger partial charge on any atom is -0.481 e. The van der Waals surface area contributed by atoms with Crippen molar-refractivity contribution in [3.05, 3.63) is 52.8 Å². The number of hydrogen-bond donors (Lipinski definition) is 1. The third kappa shape index (κ3) is 3.82. The van der Waals surface area contributed by atoms with Gasteiger partial charge in [0.1, 0.15) is 23.5 Å². The molecule has 1 aliphatic carbocycles. The van der Waals surface area contributed by atoms with E-state index in [-0.39, 0.29) is 39.5 Å². The minimum absolute atomic E-state index is 0.0000428. The Kier molecular flexibility index (Phi) is 5.08. The number of halogens is 2. The van der Waals surface area contributed by atoms with Crippen LogP contribution in [0, 0.1) is 17.1 Å². The molecule has 0 unspecified atom stereocenters. The molecule has 0 amide bonds.